The molecular weight excluding hydrogens is 254 g/mol. The van der Waals surface area contributed by atoms with Crippen molar-refractivity contribution >= 4 is 29.0 Å². The summed E-state index contributed by atoms with van der Waals surface area (Å²) in [6, 6.07) is 0. The normalized spacial score (nSPS) is 2.31. The van der Waals surface area contributed by atoms with E-state index in [1.165, 1.54) is 0 Å². The van der Waals surface area contributed by atoms with Gasteiger partial charge < -0.3 is 68.5 Å². The number of carbonyl (C=O) groups is 1. The number of hydrogen-bond acceptors (Lipinski definition) is 2. The Morgan fingerprint density at radius 3 is 0.875 bits per heavy atom. The van der Waals surface area contributed by atoms with Crippen molar-refractivity contribution in [1.82, 2.24) is 0 Å². The number of carboxylic acids is 1. The molecule has 0 aromatic carbocycles. The van der Waals surface area contributed by atoms with E-state index in [1.807, 2.05) is 0 Å². The van der Waals surface area contributed by atoms with E-state index in [9.17, 15) is 4.79 Å². The topological polar surface area (TPSA) is 378 Å². The molecule has 0 fully saturated rings. The van der Waals surface area contributed by atoms with E-state index in [0.717, 1.165) is 0 Å². The molecule has 0 saturated carbocycles. The second-order valence-electron chi connectivity index (χ2n) is 0.598. The maximum absolute atomic E-state index is 9.24. The van der Waals surface area contributed by atoms with Gasteiger partial charge in [0, 0.05) is 0 Å². The van der Waals surface area contributed by atoms with E-state index >= 15 is 0 Å². The van der Waals surface area contributed by atoms with Gasteiger partial charge in [-0.3, -0.25) is 4.79 Å². The third kappa shape index (κ3) is 700. The number of hydrogen-bond donors (Lipinski definition) is 2. The third-order valence-corrected chi connectivity index (χ3v) is 0.175. The quantitative estimate of drug-likeness (QED) is 0.442. The van der Waals surface area contributed by atoms with Crippen LogP contribution in [0.25, 0.3) is 0 Å². The summed E-state index contributed by atoms with van der Waals surface area (Å²) >= 11 is 0. The van der Waals surface area contributed by atoms with Crippen LogP contribution < -0.4 is 5.73 Å². The molecule has 0 saturated heterocycles. The van der Waals surface area contributed by atoms with Crippen LogP contribution in [0.1, 0.15) is 2.85 Å². The van der Waals surface area contributed by atoms with E-state index in [1.54, 1.807) is 0 Å². The molecule has 0 radical (unpaired) electrons. The molecule has 0 aromatic rings. The van der Waals surface area contributed by atoms with Crippen LogP contribution in [0.2, 0.25) is 0 Å². The fraction of sp³-hybridized carbons (Fsp3) is 0.500. The van der Waals surface area contributed by atoms with Crippen LogP contribution in [0.3, 0.4) is 0 Å². The van der Waals surface area contributed by atoms with E-state index < -0.39 is 5.97 Å². The maximum Gasteiger partial charge on any atom is 2.00 e. The molecule has 0 heterocycles. The molecular formula is C2H27MgNO12. The first-order valence-corrected chi connectivity index (χ1v) is 1.19. The zero-order valence-electron chi connectivity index (χ0n) is 10.3. The van der Waals surface area contributed by atoms with Crippen molar-refractivity contribution in [3.63, 3.8) is 0 Å². The van der Waals surface area contributed by atoms with Crippen molar-refractivity contribution in [3.8, 4) is 0 Å². The predicted molar refractivity (Wildman–Crippen MR) is 60.8 cm³/mol. The zero-order chi connectivity index (χ0) is 4.28. The first-order chi connectivity index (χ1) is 2.27. The Morgan fingerprint density at radius 2 is 0.875 bits per heavy atom. The Labute approximate surface area is 109 Å². The summed E-state index contributed by atoms with van der Waals surface area (Å²) in [4.78, 5) is 9.24. The molecule has 114 valence electrons. The maximum atomic E-state index is 9.24. The molecule has 0 rings (SSSR count). The first kappa shape index (κ1) is 240. The monoisotopic (exact) mass is 281 g/mol. The summed E-state index contributed by atoms with van der Waals surface area (Å²) in [5, 5.41) is 7.60. The van der Waals surface area contributed by atoms with Gasteiger partial charge in [0.25, 0.3) is 0 Å². The Kier molecular flexibility index (Phi) is 2930. The molecule has 0 amide bonds. The van der Waals surface area contributed by atoms with E-state index in [4.69, 9.17) is 5.11 Å². The molecule has 0 unspecified atom stereocenters. The van der Waals surface area contributed by atoms with Crippen LogP contribution in [0, 0.1) is 0 Å². The van der Waals surface area contributed by atoms with Crippen molar-refractivity contribution in [2.75, 3.05) is 6.54 Å². The van der Waals surface area contributed by atoms with E-state index in [2.05, 4.69) is 5.73 Å². The van der Waals surface area contributed by atoms with E-state index in [-0.39, 0.29) is 87.2 Å². The SMILES string of the molecule is NCC(=O)O.O.O.O.O.O.O.O.O.O.O.[H-].[H-].[Mg+2]. The molecule has 13 nitrogen and oxygen atoms in total. The molecule has 0 aliphatic rings. The molecule has 0 aliphatic heterocycles. The van der Waals surface area contributed by atoms with E-state index in [0.29, 0.717) is 0 Å². The summed E-state index contributed by atoms with van der Waals surface area (Å²) in [5.41, 5.74) is 4.57. The van der Waals surface area contributed by atoms with Crippen LogP contribution in [0.4, 0.5) is 0 Å². The Balaban J connectivity index is -0.00000000103. The minimum Gasteiger partial charge on any atom is -1.00 e. The fourth-order valence-electron chi connectivity index (χ4n) is 0. The number of carboxylic acid groups (broad SMARTS) is 1. The summed E-state index contributed by atoms with van der Waals surface area (Å²) in [7, 11) is 0. The minimum atomic E-state index is -0.968. The molecule has 0 spiro atoms. The molecule has 23 N–H and O–H groups in total. The van der Waals surface area contributed by atoms with Gasteiger partial charge in [0.2, 0.25) is 0 Å². The standard InChI is InChI=1S/C2H5NO2.Mg.10H2O.2H/c3-1-2(4)5;;;;;;;;;;;;;/h1,3H2,(H,4,5);;10*1H2;;/q;+2;;;;;;;;;;;2*-1. The fourth-order valence-corrected chi connectivity index (χ4v) is 0. The Morgan fingerprint density at radius 1 is 0.812 bits per heavy atom. The van der Waals surface area contributed by atoms with Gasteiger partial charge in [0.1, 0.15) is 0 Å². The molecule has 16 heavy (non-hydrogen) atoms. The smallest absolute Gasteiger partial charge is 1.00 e. The molecule has 0 aliphatic carbocycles. The zero-order valence-corrected chi connectivity index (χ0v) is 9.76. The number of aliphatic carboxylic acids is 1. The Bertz CT molecular complexity index is 63.3. The van der Waals surface area contributed by atoms with Crippen molar-refractivity contribution in [2.24, 2.45) is 5.73 Å². The number of rotatable bonds is 1. The summed E-state index contributed by atoms with van der Waals surface area (Å²) in [5.74, 6) is -0.968. The van der Waals surface area contributed by atoms with Crippen LogP contribution >= 0.6 is 0 Å². The van der Waals surface area contributed by atoms with Gasteiger partial charge in [0.05, 0.1) is 6.54 Å². The van der Waals surface area contributed by atoms with Gasteiger partial charge in [-0.15, -0.1) is 0 Å². The predicted octanol–water partition coefficient (Wildman–Crippen LogP) is -9.37. The molecule has 0 atom stereocenters. The largest absolute Gasteiger partial charge is 2.00 e. The second-order valence-corrected chi connectivity index (χ2v) is 0.598. The Hall–Kier alpha value is -0.204. The van der Waals surface area contributed by atoms with Crippen molar-refractivity contribution < 1.29 is 67.5 Å². The van der Waals surface area contributed by atoms with Crippen LogP contribution in [-0.4, -0.2) is 95.4 Å². The average Bonchev–Trinajstić information content (AvgIpc) is 1.38. The average molecular weight is 282 g/mol. The third-order valence-electron chi connectivity index (χ3n) is 0.175. The second kappa shape index (κ2) is 195. The minimum absolute atomic E-state index is 0. The van der Waals surface area contributed by atoms with Crippen molar-refractivity contribution in [3.05, 3.63) is 0 Å². The van der Waals surface area contributed by atoms with Gasteiger partial charge in [-0.2, -0.15) is 0 Å². The van der Waals surface area contributed by atoms with Gasteiger partial charge >= 0.3 is 29.0 Å². The van der Waals surface area contributed by atoms with Crippen molar-refractivity contribution in [2.45, 2.75) is 0 Å². The summed E-state index contributed by atoms with van der Waals surface area (Å²) in [6.45, 7) is -0.278. The molecule has 0 bridgehead atoms. The van der Waals surface area contributed by atoms with Crippen LogP contribution in [0.5, 0.6) is 0 Å². The molecule has 0 aromatic heterocycles. The van der Waals surface area contributed by atoms with Gasteiger partial charge in [0.15, 0.2) is 0 Å². The van der Waals surface area contributed by atoms with Crippen LogP contribution in [-0.2, 0) is 4.79 Å². The van der Waals surface area contributed by atoms with Crippen molar-refractivity contribution in [1.29, 1.82) is 0 Å². The molecule has 14 heteroatoms. The number of nitrogens with two attached hydrogens (primary N) is 1. The van der Waals surface area contributed by atoms with Crippen LogP contribution in [0.15, 0.2) is 0 Å². The van der Waals surface area contributed by atoms with Gasteiger partial charge in [-0.1, -0.05) is 0 Å². The summed E-state index contributed by atoms with van der Waals surface area (Å²) < 4.78 is 0. The summed E-state index contributed by atoms with van der Waals surface area (Å²) in [6.07, 6.45) is 0. The van der Waals surface area contributed by atoms with Gasteiger partial charge in [-0.05, 0) is 0 Å². The van der Waals surface area contributed by atoms with Gasteiger partial charge in [-0.25, -0.2) is 0 Å². The first-order valence-electron chi connectivity index (χ1n) is 1.19.